The summed E-state index contributed by atoms with van der Waals surface area (Å²) >= 11 is 0. The lowest BCUT2D eigenvalue weighted by Crippen LogP contribution is -2.28. The van der Waals surface area contributed by atoms with E-state index in [1.165, 1.54) is 0 Å². The average molecular weight is 210 g/mol. The molecule has 1 amide bonds. The second-order valence-corrected chi connectivity index (χ2v) is 3.53. The summed E-state index contributed by atoms with van der Waals surface area (Å²) in [5.41, 5.74) is 0.754. The number of nitrogens with one attached hydrogen (secondary N) is 2. The van der Waals surface area contributed by atoms with Crippen LogP contribution in [-0.2, 0) is 11.3 Å². The predicted molar refractivity (Wildman–Crippen MR) is 59.6 cm³/mol. The van der Waals surface area contributed by atoms with Crippen LogP contribution >= 0.6 is 0 Å². The molecule has 0 radical (unpaired) electrons. The summed E-state index contributed by atoms with van der Waals surface area (Å²) in [5, 5.41) is 9.87. The first-order valence-corrected chi connectivity index (χ1v) is 5.15. The molecule has 0 aliphatic rings. The van der Waals surface area contributed by atoms with E-state index >= 15 is 0 Å². The minimum atomic E-state index is -0.0417. The fourth-order valence-corrected chi connectivity index (χ4v) is 1.27. The molecule has 5 nitrogen and oxygen atoms in total. The summed E-state index contributed by atoms with van der Waals surface area (Å²) in [6, 6.07) is 0. The number of aromatic nitrogens is 2. The van der Waals surface area contributed by atoms with Crippen molar-refractivity contribution >= 4 is 11.6 Å². The van der Waals surface area contributed by atoms with Crippen molar-refractivity contribution in [2.75, 3.05) is 18.9 Å². The molecule has 5 heteroatoms. The Kier molecular flexibility index (Phi) is 4.30. The first-order chi connectivity index (χ1) is 7.17. The van der Waals surface area contributed by atoms with Gasteiger partial charge in [-0.1, -0.05) is 6.92 Å². The Balaban J connectivity index is 2.50. The van der Waals surface area contributed by atoms with E-state index in [2.05, 4.69) is 15.7 Å². The smallest absolute Gasteiger partial charge is 0.228 e. The van der Waals surface area contributed by atoms with Crippen LogP contribution in [0.25, 0.3) is 0 Å². The number of rotatable bonds is 5. The average Bonchev–Trinajstić information content (AvgIpc) is 2.66. The number of aryl methyl sites for hydroxylation is 1. The summed E-state index contributed by atoms with van der Waals surface area (Å²) in [6.07, 6.45) is 3.48. The van der Waals surface area contributed by atoms with Gasteiger partial charge in [0.1, 0.15) is 0 Å². The molecule has 0 spiro atoms. The molecule has 0 aliphatic heterocycles. The minimum Gasteiger partial charge on any atom is -0.323 e. The van der Waals surface area contributed by atoms with Crippen molar-refractivity contribution in [2.45, 2.75) is 20.4 Å². The minimum absolute atomic E-state index is 0.0139. The second-order valence-electron chi connectivity index (χ2n) is 3.53. The Morgan fingerprint density at radius 2 is 2.40 bits per heavy atom. The van der Waals surface area contributed by atoms with Gasteiger partial charge in [-0.05, 0) is 14.0 Å². The largest absolute Gasteiger partial charge is 0.323 e. The molecule has 1 aromatic heterocycles. The second kappa shape index (κ2) is 5.50. The third-order valence-electron chi connectivity index (χ3n) is 2.18. The van der Waals surface area contributed by atoms with Crippen molar-refractivity contribution < 1.29 is 4.79 Å². The molecule has 0 saturated heterocycles. The molecule has 0 aromatic carbocycles. The van der Waals surface area contributed by atoms with Crippen molar-refractivity contribution in [1.29, 1.82) is 0 Å². The van der Waals surface area contributed by atoms with Crippen molar-refractivity contribution in [3.05, 3.63) is 12.4 Å². The van der Waals surface area contributed by atoms with Crippen LogP contribution in [0.15, 0.2) is 12.4 Å². The Morgan fingerprint density at radius 1 is 1.67 bits per heavy atom. The highest BCUT2D eigenvalue weighted by atomic mass is 16.1. The number of anilines is 1. The van der Waals surface area contributed by atoms with E-state index in [0.717, 1.165) is 12.2 Å². The molecular formula is C10H18N4O. The molecule has 1 unspecified atom stereocenters. The zero-order chi connectivity index (χ0) is 11.3. The van der Waals surface area contributed by atoms with Gasteiger partial charge in [0.25, 0.3) is 0 Å². The molecular weight excluding hydrogens is 192 g/mol. The van der Waals surface area contributed by atoms with Gasteiger partial charge >= 0.3 is 0 Å². The highest BCUT2D eigenvalue weighted by molar-refractivity contribution is 5.92. The molecule has 0 bridgehead atoms. The molecule has 1 aromatic rings. The van der Waals surface area contributed by atoms with E-state index in [0.29, 0.717) is 6.54 Å². The molecule has 0 saturated carbocycles. The normalized spacial score (nSPS) is 12.5. The molecule has 0 fully saturated rings. The Bertz CT molecular complexity index is 321. The number of hydrogen-bond acceptors (Lipinski definition) is 3. The Hall–Kier alpha value is -1.36. The first-order valence-electron chi connectivity index (χ1n) is 5.15. The number of amides is 1. The summed E-state index contributed by atoms with van der Waals surface area (Å²) < 4.78 is 1.78. The SMILES string of the molecule is CCn1cc(NC(=O)C(C)CNC)cn1. The van der Waals surface area contributed by atoms with Gasteiger partial charge in [0.15, 0.2) is 0 Å². The van der Waals surface area contributed by atoms with Crippen LogP contribution in [0.4, 0.5) is 5.69 Å². The number of carbonyl (C=O) groups excluding carboxylic acids is 1. The molecule has 1 atom stereocenters. The topological polar surface area (TPSA) is 59.0 Å². The van der Waals surface area contributed by atoms with Crippen LogP contribution < -0.4 is 10.6 Å². The highest BCUT2D eigenvalue weighted by Crippen LogP contribution is 2.06. The van der Waals surface area contributed by atoms with Crippen LogP contribution in [0.2, 0.25) is 0 Å². The summed E-state index contributed by atoms with van der Waals surface area (Å²) in [7, 11) is 1.83. The van der Waals surface area contributed by atoms with Crippen LogP contribution in [0.5, 0.6) is 0 Å². The summed E-state index contributed by atoms with van der Waals surface area (Å²) in [6.45, 7) is 5.37. The molecule has 2 N–H and O–H groups in total. The fourth-order valence-electron chi connectivity index (χ4n) is 1.27. The van der Waals surface area contributed by atoms with Gasteiger partial charge in [-0.15, -0.1) is 0 Å². The quantitative estimate of drug-likeness (QED) is 0.752. The van der Waals surface area contributed by atoms with Gasteiger partial charge in [-0.25, -0.2) is 0 Å². The number of carbonyl (C=O) groups is 1. The van der Waals surface area contributed by atoms with E-state index in [1.54, 1.807) is 10.9 Å². The van der Waals surface area contributed by atoms with Gasteiger partial charge < -0.3 is 10.6 Å². The van der Waals surface area contributed by atoms with Crippen molar-refractivity contribution in [3.63, 3.8) is 0 Å². The fraction of sp³-hybridized carbons (Fsp3) is 0.600. The van der Waals surface area contributed by atoms with Crippen LogP contribution in [0, 0.1) is 5.92 Å². The maximum atomic E-state index is 11.6. The van der Waals surface area contributed by atoms with E-state index in [1.807, 2.05) is 27.1 Å². The summed E-state index contributed by atoms with van der Waals surface area (Å²) in [5.74, 6) is -0.0278. The molecule has 1 rings (SSSR count). The van der Waals surface area contributed by atoms with Crippen LogP contribution in [0.3, 0.4) is 0 Å². The van der Waals surface area contributed by atoms with Gasteiger partial charge in [-0.3, -0.25) is 9.48 Å². The third-order valence-corrected chi connectivity index (χ3v) is 2.18. The molecule has 15 heavy (non-hydrogen) atoms. The van der Waals surface area contributed by atoms with Gasteiger partial charge in [0.05, 0.1) is 11.9 Å². The van der Waals surface area contributed by atoms with Gasteiger partial charge in [0, 0.05) is 25.2 Å². The van der Waals surface area contributed by atoms with E-state index in [4.69, 9.17) is 0 Å². The van der Waals surface area contributed by atoms with E-state index < -0.39 is 0 Å². The molecule has 84 valence electrons. The summed E-state index contributed by atoms with van der Waals surface area (Å²) in [4.78, 5) is 11.6. The van der Waals surface area contributed by atoms with E-state index in [9.17, 15) is 4.79 Å². The predicted octanol–water partition coefficient (Wildman–Crippen LogP) is 0.697. The van der Waals surface area contributed by atoms with Crippen molar-refractivity contribution in [2.24, 2.45) is 5.92 Å². The van der Waals surface area contributed by atoms with E-state index in [-0.39, 0.29) is 11.8 Å². The first kappa shape index (κ1) is 11.7. The zero-order valence-electron chi connectivity index (χ0n) is 9.45. The maximum absolute atomic E-state index is 11.6. The van der Waals surface area contributed by atoms with Gasteiger partial charge in [0.2, 0.25) is 5.91 Å². The lowest BCUT2D eigenvalue weighted by Gasteiger charge is -2.09. The molecule has 0 aliphatic carbocycles. The monoisotopic (exact) mass is 210 g/mol. The number of hydrogen-bond donors (Lipinski definition) is 2. The standard InChI is InChI=1S/C10H18N4O/c1-4-14-7-9(6-12-14)13-10(15)8(2)5-11-3/h6-8,11H,4-5H2,1-3H3,(H,13,15). The highest BCUT2D eigenvalue weighted by Gasteiger charge is 2.12. The maximum Gasteiger partial charge on any atom is 0.228 e. The van der Waals surface area contributed by atoms with Crippen LogP contribution in [0.1, 0.15) is 13.8 Å². The van der Waals surface area contributed by atoms with Crippen molar-refractivity contribution in [3.8, 4) is 0 Å². The Morgan fingerprint density at radius 3 is 2.93 bits per heavy atom. The van der Waals surface area contributed by atoms with Crippen molar-refractivity contribution in [1.82, 2.24) is 15.1 Å². The molecule has 1 heterocycles. The zero-order valence-corrected chi connectivity index (χ0v) is 9.45. The lowest BCUT2D eigenvalue weighted by atomic mass is 10.1. The Labute approximate surface area is 89.9 Å². The van der Waals surface area contributed by atoms with Gasteiger partial charge in [-0.2, -0.15) is 5.10 Å². The lowest BCUT2D eigenvalue weighted by molar-refractivity contribution is -0.119. The van der Waals surface area contributed by atoms with Crippen LogP contribution in [-0.4, -0.2) is 29.3 Å². The number of nitrogens with zero attached hydrogens (tertiary/aromatic N) is 2. The third kappa shape index (κ3) is 3.36.